The lowest BCUT2D eigenvalue weighted by Gasteiger charge is -1.79. The van der Waals surface area contributed by atoms with Gasteiger partial charge in [0, 0.05) is 0 Å². The molecule has 1 radical (unpaired) electrons. The van der Waals surface area contributed by atoms with Crippen LogP contribution < -0.4 is 0 Å². The van der Waals surface area contributed by atoms with Gasteiger partial charge in [0.05, 0.1) is 8.80 Å². The van der Waals surface area contributed by atoms with Crippen molar-refractivity contribution in [2.75, 3.05) is 0 Å². The van der Waals surface area contributed by atoms with Crippen LogP contribution in [0, 0.1) is 0 Å². The second-order valence-corrected chi connectivity index (χ2v) is 3.62. The van der Waals surface area contributed by atoms with Crippen LogP contribution >= 0.6 is 0 Å². The number of hydrogen-bond donors (Lipinski definition) is 0. The van der Waals surface area contributed by atoms with Crippen LogP contribution in [0.15, 0.2) is 23.6 Å². The summed E-state index contributed by atoms with van der Waals surface area (Å²) < 4.78 is 0. The van der Waals surface area contributed by atoms with E-state index in [1.165, 1.54) is 0 Å². The lowest BCUT2D eigenvalue weighted by Crippen LogP contribution is -1.91. The van der Waals surface area contributed by atoms with E-state index in [4.69, 9.17) is 0 Å². The molecule has 1 heteroatoms. The minimum atomic E-state index is -0.118. The van der Waals surface area contributed by atoms with Crippen LogP contribution in [-0.4, -0.2) is 8.80 Å². The molecule has 0 nitrogen and oxygen atoms in total. The summed E-state index contributed by atoms with van der Waals surface area (Å²) in [7, 11) is -0.118. The maximum absolute atomic E-state index is 2.27. The van der Waals surface area contributed by atoms with Gasteiger partial charge in [-0.1, -0.05) is 30.1 Å². The van der Waals surface area contributed by atoms with E-state index in [2.05, 4.69) is 30.1 Å². The molecule has 0 aromatic heterocycles. The predicted octanol–water partition coefficient (Wildman–Crippen LogP) is 1.32. The highest BCUT2D eigenvalue weighted by Gasteiger charge is 1.93. The van der Waals surface area contributed by atoms with E-state index in [1.807, 2.05) is 0 Å². The molecular weight excluding hydrogens is 88.1 g/mol. The predicted molar refractivity (Wildman–Crippen MR) is 29.9 cm³/mol. The third-order valence-electron chi connectivity index (χ3n) is 0.829. The van der Waals surface area contributed by atoms with Crippen molar-refractivity contribution in [1.82, 2.24) is 0 Å². The van der Waals surface area contributed by atoms with Crippen molar-refractivity contribution in [3.8, 4) is 0 Å². The summed E-state index contributed by atoms with van der Waals surface area (Å²) in [6.45, 7) is 2.27. The summed E-state index contributed by atoms with van der Waals surface area (Å²) in [5, 5.41) is 0. The SMILES string of the molecule is C[Si]1C=CC=C1. The first kappa shape index (κ1) is 3.87. The Morgan fingerprint density at radius 2 is 1.67 bits per heavy atom. The van der Waals surface area contributed by atoms with Crippen LogP contribution in [-0.2, 0) is 0 Å². The molecule has 0 fully saturated rings. The van der Waals surface area contributed by atoms with Gasteiger partial charge in [-0.3, -0.25) is 0 Å². The van der Waals surface area contributed by atoms with Crippen molar-refractivity contribution in [2.24, 2.45) is 0 Å². The minimum absolute atomic E-state index is 0.118. The first-order valence-corrected chi connectivity index (χ1v) is 4.23. The molecule has 0 N–H and O–H groups in total. The number of hydrogen-bond acceptors (Lipinski definition) is 0. The smallest absolute Gasteiger partial charge is 0.0922 e. The first-order valence-electron chi connectivity index (χ1n) is 2.08. The van der Waals surface area contributed by atoms with Gasteiger partial charge in [-0.15, -0.1) is 0 Å². The Morgan fingerprint density at radius 1 is 1.17 bits per heavy atom. The second kappa shape index (κ2) is 1.43. The van der Waals surface area contributed by atoms with Gasteiger partial charge in [0.2, 0.25) is 0 Å². The molecule has 0 aromatic carbocycles. The quantitative estimate of drug-likeness (QED) is 0.398. The summed E-state index contributed by atoms with van der Waals surface area (Å²) in [4.78, 5) is 0. The van der Waals surface area contributed by atoms with Crippen molar-refractivity contribution < 1.29 is 0 Å². The highest BCUT2D eigenvalue weighted by atomic mass is 28.3. The standard InChI is InChI=1S/C5H7Si/c1-6-4-2-3-5-6/h2-5H,1H3. The van der Waals surface area contributed by atoms with Crippen LogP contribution in [0.5, 0.6) is 0 Å². The third kappa shape index (κ3) is 0.600. The molecule has 31 valence electrons. The highest BCUT2D eigenvalue weighted by molar-refractivity contribution is 6.69. The van der Waals surface area contributed by atoms with Crippen molar-refractivity contribution in [3.05, 3.63) is 23.6 Å². The Balaban J connectivity index is 2.60. The summed E-state index contributed by atoms with van der Waals surface area (Å²) in [5.41, 5.74) is 4.54. The van der Waals surface area contributed by atoms with Crippen molar-refractivity contribution in [3.63, 3.8) is 0 Å². The highest BCUT2D eigenvalue weighted by Crippen LogP contribution is 1.94. The first-order chi connectivity index (χ1) is 2.89. The molecule has 1 aliphatic rings. The maximum atomic E-state index is 2.27. The lowest BCUT2D eigenvalue weighted by atomic mass is 10.6. The zero-order chi connectivity index (χ0) is 4.41. The summed E-state index contributed by atoms with van der Waals surface area (Å²) in [6, 6.07) is 0. The molecule has 0 saturated heterocycles. The molecule has 0 saturated carbocycles. The average molecular weight is 95.2 g/mol. The molecule has 0 bridgehead atoms. The van der Waals surface area contributed by atoms with Crippen LogP contribution in [0.25, 0.3) is 0 Å². The van der Waals surface area contributed by atoms with Gasteiger partial charge < -0.3 is 0 Å². The average Bonchev–Trinajstić information content (AvgIpc) is 1.86. The van der Waals surface area contributed by atoms with E-state index in [0.29, 0.717) is 0 Å². The van der Waals surface area contributed by atoms with Gasteiger partial charge in [0.1, 0.15) is 0 Å². The fourth-order valence-corrected chi connectivity index (χ4v) is 1.41. The van der Waals surface area contributed by atoms with Gasteiger partial charge in [0.25, 0.3) is 0 Å². The Kier molecular flexibility index (Phi) is 0.924. The summed E-state index contributed by atoms with van der Waals surface area (Å²) in [5.74, 6) is 0. The van der Waals surface area contributed by atoms with E-state index >= 15 is 0 Å². The van der Waals surface area contributed by atoms with E-state index in [0.717, 1.165) is 0 Å². The Labute approximate surface area is 39.8 Å². The zero-order valence-electron chi connectivity index (χ0n) is 3.81. The van der Waals surface area contributed by atoms with Gasteiger partial charge in [-0.25, -0.2) is 0 Å². The lowest BCUT2D eigenvalue weighted by molar-refractivity contribution is 2.15. The Hall–Kier alpha value is -0.303. The molecule has 0 aromatic rings. The molecule has 0 amide bonds. The molecule has 1 aliphatic heterocycles. The van der Waals surface area contributed by atoms with E-state index in [-0.39, 0.29) is 8.80 Å². The van der Waals surface area contributed by atoms with Gasteiger partial charge in [0.15, 0.2) is 0 Å². The molecule has 6 heavy (non-hydrogen) atoms. The summed E-state index contributed by atoms with van der Waals surface area (Å²) in [6.07, 6.45) is 4.24. The maximum Gasteiger partial charge on any atom is 0.0997 e. The third-order valence-corrected chi connectivity index (χ3v) is 2.27. The molecule has 1 rings (SSSR count). The Bertz CT molecular complexity index is 80.1. The second-order valence-electron chi connectivity index (χ2n) is 1.46. The zero-order valence-corrected chi connectivity index (χ0v) is 4.81. The molecule has 0 unspecified atom stereocenters. The largest absolute Gasteiger partial charge is 0.0997 e. The molecule has 0 spiro atoms. The number of allylic oxidation sites excluding steroid dienone is 2. The molecule has 0 atom stereocenters. The van der Waals surface area contributed by atoms with E-state index < -0.39 is 0 Å². The van der Waals surface area contributed by atoms with Crippen molar-refractivity contribution >= 4 is 8.80 Å². The van der Waals surface area contributed by atoms with Gasteiger partial charge in [-0.05, 0) is 0 Å². The van der Waals surface area contributed by atoms with Crippen molar-refractivity contribution in [1.29, 1.82) is 0 Å². The van der Waals surface area contributed by atoms with Crippen LogP contribution in [0.4, 0.5) is 0 Å². The molecular formula is C5H7Si. The van der Waals surface area contributed by atoms with Crippen molar-refractivity contribution in [2.45, 2.75) is 6.55 Å². The van der Waals surface area contributed by atoms with Crippen LogP contribution in [0.1, 0.15) is 0 Å². The molecule has 0 aliphatic carbocycles. The van der Waals surface area contributed by atoms with Gasteiger partial charge in [-0.2, -0.15) is 0 Å². The minimum Gasteiger partial charge on any atom is -0.0922 e. The fourth-order valence-electron chi connectivity index (χ4n) is 0.470. The topological polar surface area (TPSA) is 0 Å². The molecule has 1 heterocycles. The Morgan fingerprint density at radius 3 is 1.83 bits per heavy atom. The van der Waals surface area contributed by atoms with Gasteiger partial charge >= 0.3 is 0 Å². The van der Waals surface area contributed by atoms with Crippen LogP contribution in [0.3, 0.4) is 0 Å². The monoisotopic (exact) mass is 95.0 g/mol. The summed E-state index contributed by atoms with van der Waals surface area (Å²) >= 11 is 0. The normalized spacial score (nSPS) is 20.2. The van der Waals surface area contributed by atoms with E-state index in [9.17, 15) is 0 Å². The number of rotatable bonds is 0. The fraction of sp³-hybridized carbons (Fsp3) is 0.200. The van der Waals surface area contributed by atoms with Crippen LogP contribution in [0.2, 0.25) is 6.55 Å². The van der Waals surface area contributed by atoms with E-state index in [1.54, 1.807) is 0 Å².